The van der Waals surface area contributed by atoms with Gasteiger partial charge in [-0.15, -0.1) is 0 Å². The monoisotopic (exact) mass is 211 g/mol. The predicted molar refractivity (Wildman–Crippen MR) is 68.0 cm³/mol. The number of hydrogen-bond acceptors (Lipinski definition) is 1. The van der Waals surface area contributed by atoms with E-state index in [1.54, 1.807) is 0 Å². The van der Waals surface area contributed by atoms with Crippen LogP contribution in [0.1, 0.15) is 60.3 Å². The molecule has 90 valence electrons. The molecular formula is C14H29N. The fourth-order valence-electron chi connectivity index (χ4n) is 2.81. The van der Waals surface area contributed by atoms with Gasteiger partial charge in [-0.2, -0.15) is 0 Å². The first-order valence-electron chi connectivity index (χ1n) is 6.69. The average Bonchev–Trinajstić information content (AvgIpc) is 2.60. The van der Waals surface area contributed by atoms with Gasteiger partial charge in [-0.3, -0.25) is 0 Å². The van der Waals surface area contributed by atoms with Gasteiger partial charge in [0.05, 0.1) is 0 Å². The predicted octanol–water partition coefficient (Wildman–Crippen LogP) is 3.84. The highest BCUT2D eigenvalue weighted by Crippen LogP contribution is 2.37. The lowest BCUT2D eigenvalue weighted by atomic mass is 9.83. The Bertz CT molecular complexity index is 180. The van der Waals surface area contributed by atoms with Crippen LogP contribution in [0.3, 0.4) is 0 Å². The summed E-state index contributed by atoms with van der Waals surface area (Å²) in [6.45, 7) is 12.8. The quantitative estimate of drug-likeness (QED) is 0.745. The lowest BCUT2D eigenvalue weighted by Gasteiger charge is -2.29. The summed E-state index contributed by atoms with van der Waals surface area (Å²) in [5, 5.41) is 3.67. The first-order chi connectivity index (χ1) is 6.94. The summed E-state index contributed by atoms with van der Waals surface area (Å²) in [4.78, 5) is 0. The topological polar surface area (TPSA) is 12.0 Å². The maximum Gasteiger partial charge on any atom is 0.00966 e. The molecule has 0 saturated heterocycles. The van der Waals surface area contributed by atoms with Crippen LogP contribution in [0.5, 0.6) is 0 Å². The Morgan fingerprint density at radius 3 is 2.47 bits per heavy atom. The van der Waals surface area contributed by atoms with Gasteiger partial charge in [0, 0.05) is 5.54 Å². The lowest BCUT2D eigenvalue weighted by Crippen LogP contribution is -2.40. The third-order valence-electron chi connectivity index (χ3n) is 3.99. The van der Waals surface area contributed by atoms with E-state index in [2.05, 4.69) is 39.9 Å². The summed E-state index contributed by atoms with van der Waals surface area (Å²) < 4.78 is 0. The second-order valence-electron chi connectivity index (χ2n) is 6.37. The van der Waals surface area contributed by atoms with E-state index in [-0.39, 0.29) is 5.54 Å². The zero-order chi connectivity index (χ0) is 11.5. The first kappa shape index (κ1) is 13.0. The van der Waals surface area contributed by atoms with Crippen molar-refractivity contribution in [2.24, 2.45) is 17.8 Å². The fraction of sp³-hybridized carbons (Fsp3) is 1.00. The minimum absolute atomic E-state index is 0.280. The van der Waals surface area contributed by atoms with E-state index in [4.69, 9.17) is 0 Å². The molecule has 0 amide bonds. The number of rotatable bonds is 4. The van der Waals surface area contributed by atoms with Gasteiger partial charge < -0.3 is 5.32 Å². The SMILES string of the molecule is CCC(C)C1CCCC1CNC(C)(C)C. The highest BCUT2D eigenvalue weighted by atomic mass is 14.9. The van der Waals surface area contributed by atoms with Crippen molar-refractivity contribution in [1.29, 1.82) is 0 Å². The van der Waals surface area contributed by atoms with E-state index in [1.807, 2.05) is 0 Å². The molecule has 0 bridgehead atoms. The van der Waals surface area contributed by atoms with E-state index in [1.165, 1.54) is 32.2 Å². The molecule has 0 aromatic rings. The summed E-state index contributed by atoms with van der Waals surface area (Å²) >= 11 is 0. The summed E-state index contributed by atoms with van der Waals surface area (Å²) in [6.07, 6.45) is 5.70. The Hall–Kier alpha value is -0.0400. The molecule has 1 N–H and O–H groups in total. The van der Waals surface area contributed by atoms with Crippen LogP contribution in [0.4, 0.5) is 0 Å². The van der Waals surface area contributed by atoms with Gasteiger partial charge >= 0.3 is 0 Å². The molecule has 1 nitrogen and oxygen atoms in total. The Morgan fingerprint density at radius 2 is 1.93 bits per heavy atom. The molecule has 3 atom stereocenters. The molecule has 3 unspecified atom stereocenters. The van der Waals surface area contributed by atoms with Crippen LogP contribution in [0, 0.1) is 17.8 Å². The third kappa shape index (κ3) is 4.14. The molecule has 0 heterocycles. The van der Waals surface area contributed by atoms with Crippen molar-refractivity contribution in [3.05, 3.63) is 0 Å². The van der Waals surface area contributed by atoms with Gasteiger partial charge in [0.1, 0.15) is 0 Å². The summed E-state index contributed by atoms with van der Waals surface area (Å²) in [5.74, 6) is 2.82. The second kappa shape index (κ2) is 5.34. The molecule has 1 rings (SSSR count). The van der Waals surface area contributed by atoms with Gasteiger partial charge in [-0.25, -0.2) is 0 Å². The van der Waals surface area contributed by atoms with Crippen molar-refractivity contribution in [2.45, 2.75) is 65.8 Å². The van der Waals surface area contributed by atoms with E-state index in [0.717, 1.165) is 17.8 Å². The van der Waals surface area contributed by atoms with E-state index in [0.29, 0.717) is 0 Å². The maximum atomic E-state index is 3.67. The Labute approximate surface area is 96.0 Å². The molecule has 1 fully saturated rings. The lowest BCUT2D eigenvalue weighted by molar-refractivity contribution is 0.247. The van der Waals surface area contributed by atoms with Crippen molar-refractivity contribution < 1.29 is 0 Å². The Balaban J connectivity index is 2.40. The van der Waals surface area contributed by atoms with Gasteiger partial charge in [0.2, 0.25) is 0 Å². The average molecular weight is 211 g/mol. The van der Waals surface area contributed by atoms with Crippen LogP contribution >= 0.6 is 0 Å². The van der Waals surface area contributed by atoms with Crippen LogP contribution in [-0.4, -0.2) is 12.1 Å². The molecule has 0 aliphatic heterocycles. The molecule has 15 heavy (non-hydrogen) atoms. The summed E-state index contributed by atoms with van der Waals surface area (Å²) in [7, 11) is 0. The van der Waals surface area contributed by atoms with E-state index in [9.17, 15) is 0 Å². The standard InChI is InChI=1S/C14H29N/c1-6-11(2)13-9-7-8-12(13)10-15-14(3,4)5/h11-13,15H,6-10H2,1-5H3. The van der Waals surface area contributed by atoms with Crippen LogP contribution in [0.15, 0.2) is 0 Å². The number of nitrogens with one attached hydrogen (secondary N) is 1. The first-order valence-corrected chi connectivity index (χ1v) is 6.69. The van der Waals surface area contributed by atoms with Crippen molar-refractivity contribution in [2.75, 3.05) is 6.54 Å². The molecule has 1 aliphatic rings. The molecule has 1 heteroatoms. The van der Waals surface area contributed by atoms with Crippen LogP contribution in [0.25, 0.3) is 0 Å². The van der Waals surface area contributed by atoms with Crippen molar-refractivity contribution in [3.63, 3.8) is 0 Å². The fourth-order valence-corrected chi connectivity index (χ4v) is 2.81. The van der Waals surface area contributed by atoms with Crippen LogP contribution < -0.4 is 5.32 Å². The minimum atomic E-state index is 0.280. The van der Waals surface area contributed by atoms with Crippen molar-refractivity contribution in [1.82, 2.24) is 5.32 Å². The van der Waals surface area contributed by atoms with Crippen molar-refractivity contribution in [3.8, 4) is 0 Å². The molecule has 0 aromatic heterocycles. The van der Waals surface area contributed by atoms with Gasteiger partial charge in [0.15, 0.2) is 0 Å². The van der Waals surface area contributed by atoms with Crippen LogP contribution in [-0.2, 0) is 0 Å². The largest absolute Gasteiger partial charge is 0.312 e. The molecule has 0 spiro atoms. The highest BCUT2D eigenvalue weighted by Gasteiger charge is 2.30. The Morgan fingerprint density at radius 1 is 1.27 bits per heavy atom. The highest BCUT2D eigenvalue weighted by molar-refractivity contribution is 4.84. The van der Waals surface area contributed by atoms with E-state index >= 15 is 0 Å². The second-order valence-corrected chi connectivity index (χ2v) is 6.37. The maximum absolute atomic E-state index is 3.67. The van der Waals surface area contributed by atoms with E-state index < -0.39 is 0 Å². The molecule has 1 saturated carbocycles. The van der Waals surface area contributed by atoms with Crippen molar-refractivity contribution >= 4 is 0 Å². The smallest absolute Gasteiger partial charge is 0.00966 e. The molecule has 0 radical (unpaired) electrons. The zero-order valence-corrected chi connectivity index (χ0v) is 11.3. The summed E-state index contributed by atoms with van der Waals surface area (Å²) in [6, 6.07) is 0. The Kier molecular flexibility index (Phi) is 4.64. The third-order valence-corrected chi connectivity index (χ3v) is 3.99. The normalized spacial score (nSPS) is 29.4. The van der Waals surface area contributed by atoms with Gasteiger partial charge in [-0.05, 0) is 57.9 Å². The van der Waals surface area contributed by atoms with Gasteiger partial charge in [0.25, 0.3) is 0 Å². The summed E-state index contributed by atoms with van der Waals surface area (Å²) in [5.41, 5.74) is 0.280. The van der Waals surface area contributed by atoms with Gasteiger partial charge in [-0.1, -0.05) is 26.7 Å². The molecule has 1 aliphatic carbocycles. The minimum Gasteiger partial charge on any atom is -0.312 e. The molecular weight excluding hydrogens is 182 g/mol. The molecule has 0 aromatic carbocycles. The number of hydrogen-bond donors (Lipinski definition) is 1. The zero-order valence-electron chi connectivity index (χ0n) is 11.3. The van der Waals surface area contributed by atoms with Crippen LogP contribution in [0.2, 0.25) is 0 Å².